The molecule has 0 N–H and O–H groups in total. The Morgan fingerprint density at radius 3 is 2.22 bits per heavy atom. The van der Waals surface area contributed by atoms with Crippen LogP contribution in [0.15, 0.2) is 24.4 Å². The lowest BCUT2D eigenvalue weighted by atomic mass is 10.4. The largest absolute Gasteiger partial charge is 0.262 e. The first-order valence-electron chi connectivity index (χ1n) is 2.65. The molecule has 1 aromatic rings. The maximum atomic E-state index is 9.50. The second-order valence-electron chi connectivity index (χ2n) is 1.47. The molecule has 0 aliphatic heterocycles. The Kier molecular flexibility index (Phi) is 4.69. The lowest BCUT2D eigenvalue weighted by molar-refractivity contribution is 0.636. The highest BCUT2D eigenvalue weighted by atomic mass is 19.1. The molecular weight excluding hydrogens is 117 g/mol. The Labute approximate surface area is 54.6 Å². The van der Waals surface area contributed by atoms with Crippen molar-refractivity contribution in [1.29, 1.82) is 0 Å². The molecule has 0 fully saturated rings. The van der Waals surface area contributed by atoms with Gasteiger partial charge >= 0.3 is 0 Å². The van der Waals surface area contributed by atoms with Gasteiger partial charge in [-0.25, -0.2) is 0 Å². The van der Waals surface area contributed by atoms with Crippen molar-refractivity contribution < 1.29 is 4.39 Å². The Morgan fingerprint density at radius 2 is 2.00 bits per heavy atom. The summed E-state index contributed by atoms with van der Waals surface area (Å²) in [4.78, 5) is 3.98. The molecular formula is C7H10FN. The van der Waals surface area contributed by atoms with Crippen molar-refractivity contribution in [3.63, 3.8) is 0 Å². The fourth-order valence-corrected chi connectivity index (χ4v) is 0.448. The van der Waals surface area contributed by atoms with Gasteiger partial charge in [0, 0.05) is 11.9 Å². The van der Waals surface area contributed by atoms with E-state index in [-0.39, 0.29) is 0 Å². The molecule has 1 heterocycles. The highest BCUT2D eigenvalue weighted by Gasteiger charge is 1.73. The number of rotatable bonds is 0. The molecule has 1 aromatic heterocycles. The van der Waals surface area contributed by atoms with Gasteiger partial charge in [0.2, 0.25) is 0 Å². The predicted octanol–water partition coefficient (Wildman–Crippen LogP) is 1.98. The SMILES string of the molecule is CF.Cc1ccccn1. The van der Waals surface area contributed by atoms with Crippen LogP contribution in [0.1, 0.15) is 5.69 Å². The predicted molar refractivity (Wildman–Crippen MR) is 36.0 cm³/mol. The summed E-state index contributed by atoms with van der Waals surface area (Å²) in [6.45, 7) is 1.97. The van der Waals surface area contributed by atoms with Crippen molar-refractivity contribution >= 4 is 0 Å². The summed E-state index contributed by atoms with van der Waals surface area (Å²) >= 11 is 0. The normalized spacial score (nSPS) is 7.44. The van der Waals surface area contributed by atoms with Crippen molar-refractivity contribution in [2.75, 3.05) is 7.18 Å². The second-order valence-corrected chi connectivity index (χ2v) is 1.47. The standard InChI is InChI=1S/C6H7N.CH3F/c1-6-4-2-3-5-7-6;1-2/h2-5H,1H3;1H3. The van der Waals surface area contributed by atoms with Crippen LogP contribution in [0, 0.1) is 6.92 Å². The van der Waals surface area contributed by atoms with Gasteiger partial charge in [-0.3, -0.25) is 9.37 Å². The zero-order chi connectivity index (χ0) is 7.11. The van der Waals surface area contributed by atoms with Crippen LogP contribution in [0.25, 0.3) is 0 Å². The maximum Gasteiger partial charge on any atom is 0.0785 e. The van der Waals surface area contributed by atoms with Gasteiger partial charge in [0.1, 0.15) is 0 Å². The molecule has 0 aliphatic carbocycles. The molecule has 2 heteroatoms. The number of pyridine rings is 1. The van der Waals surface area contributed by atoms with E-state index in [2.05, 4.69) is 4.98 Å². The fraction of sp³-hybridized carbons (Fsp3) is 0.286. The van der Waals surface area contributed by atoms with Crippen LogP contribution in [0.4, 0.5) is 4.39 Å². The van der Waals surface area contributed by atoms with Crippen molar-refractivity contribution in [3.8, 4) is 0 Å². The molecule has 1 rings (SSSR count). The van der Waals surface area contributed by atoms with E-state index in [9.17, 15) is 4.39 Å². The zero-order valence-electron chi connectivity index (χ0n) is 5.63. The van der Waals surface area contributed by atoms with Crippen LogP contribution in [0.3, 0.4) is 0 Å². The van der Waals surface area contributed by atoms with E-state index in [1.54, 1.807) is 6.20 Å². The molecule has 0 bridgehead atoms. The number of aromatic nitrogens is 1. The Balaban J connectivity index is 0.000000291. The van der Waals surface area contributed by atoms with Crippen molar-refractivity contribution in [1.82, 2.24) is 4.98 Å². The third-order valence-electron chi connectivity index (χ3n) is 0.813. The first kappa shape index (κ1) is 8.08. The summed E-state index contributed by atoms with van der Waals surface area (Å²) in [5.74, 6) is 0. The molecule has 0 spiro atoms. The van der Waals surface area contributed by atoms with Crippen LogP contribution in [0.5, 0.6) is 0 Å². The van der Waals surface area contributed by atoms with Crippen LogP contribution >= 0.6 is 0 Å². The van der Waals surface area contributed by atoms with Gasteiger partial charge in [-0.15, -0.1) is 0 Å². The third kappa shape index (κ3) is 3.64. The minimum atomic E-state index is 0.500. The summed E-state index contributed by atoms with van der Waals surface area (Å²) in [6.07, 6.45) is 1.79. The average molecular weight is 127 g/mol. The van der Waals surface area contributed by atoms with E-state index in [1.807, 2.05) is 25.1 Å². The highest BCUT2D eigenvalue weighted by Crippen LogP contribution is 1.85. The van der Waals surface area contributed by atoms with Gasteiger partial charge in [-0.05, 0) is 19.1 Å². The highest BCUT2D eigenvalue weighted by molar-refractivity contribution is 4.99. The van der Waals surface area contributed by atoms with E-state index in [4.69, 9.17) is 0 Å². The van der Waals surface area contributed by atoms with Gasteiger partial charge < -0.3 is 0 Å². The molecule has 0 atom stereocenters. The minimum Gasteiger partial charge on any atom is -0.262 e. The number of halogens is 1. The van der Waals surface area contributed by atoms with Gasteiger partial charge in [0.15, 0.2) is 0 Å². The molecule has 0 saturated carbocycles. The van der Waals surface area contributed by atoms with E-state index in [0.717, 1.165) is 5.69 Å². The van der Waals surface area contributed by atoms with Gasteiger partial charge in [0.25, 0.3) is 0 Å². The second kappa shape index (κ2) is 5.22. The summed E-state index contributed by atoms with van der Waals surface area (Å²) < 4.78 is 9.50. The van der Waals surface area contributed by atoms with Crippen LogP contribution < -0.4 is 0 Å². The Bertz CT molecular complexity index is 139. The minimum absolute atomic E-state index is 0.500. The van der Waals surface area contributed by atoms with Gasteiger partial charge in [0.05, 0.1) is 7.18 Å². The van der Waals surface area contributed by atoms with Crippen LogP contribution in [0.2, 0.25) is 0 Å². The van der Waals surface area contributed by atoms with E-state index >= 15 is 0 Å². The molecule has 0 unspecified atom stereocenters. The number of aryl methyl sites for hydroxylation is 1. The van der Waals surface area contributed by atoms with E-state index in [1.165, 1.54) is 0 Å². The average Bonchev–Trinajstić information content (AvgIpc) is 1.94. The third-order valence-corrected chi connectivity index (χ3v) is 0.813. The molecule has 0 aromatic carbocycles. The molecule has 0 aliphatic rings. The van der Waals surface area contributed by atoms with E-state index < -0.39 is 0 Å². The summed E-state index contributed by atoms with van der Waals surface area (Å²) in [6, 6.07) is 5.86. The zero-order valence-corrected chi connectivity index (χ0v) is 5.63. The van der Waals surface area contributed by atoms with Crippen LogP contribution in [-0.4, -0.2) is 12.2 Å². The number of alkyl halides is 1. The van der Waals surface area contributed by atoms with Crippen LogP contribution in [-0.2, 0) is 0 Å². The summed E-state index contributed by atoms with van der Waals surface area (Å²) in [5, 5.41) is 0. The first-order valence-corrected chi connectivity index (χ1v) is 2.65. The molecule has 1 nitrogen and oxygen atoms in total. The molecule has 9 heavy (non-hydrogen) atoms. The quantitative estimate of drug-likeness (QED) is 0.519. The van der Waals surface area contributed by atoms with Crippen molar-refractivity contribution in [3.05, 3.63) is 30.1 Å². The Hall–Kier alpha value is -0.920. The number of hydrogen-bond donors (Lipinski definition) is 0. The van der Waals surface area contributed by atoms with E-state index in [0.29, 0.717) is 7.18 Å². The fourth-order valence-electron chi connectivity index (χ4n) is 0.448. The maximum absolute atomic E-state index is 9.50. The molecule has 0 radical (unpaired) electrons. The summed E-state index contributed by atoms with van der Waals surface area (Å²) in [7, 11) is 0.500. The van der Waals surface area contributed by atoms with Crippen molar-refractivity contribution in [2.45, 2.75) is 6.92 Å². The first-order chi connectivity index (χ1) is 4.39. The monoisotopic (exact) mass is 127 g/mol. The molecule has 0 saturated heterocycles. The van der Waals surface area contributed by atoms with Crippen molar-refractivity contribution in [2.24, 2.45) is 0 Å². The van der Waals surface area contributed by atoms with Gasteiger partial charge in [-0.1, -0.05) is 6.07 Å². The smallest absolute Gasteiger partial charge is 0.0785 e. The molecule has 0 amide bonds. The summed E-state index contributed by atoms with van der Waals surface area (Å²) in [5.41, 5.74) is 1.07. The van der Waals surface area contributed by atoms with Gasteiger partial charge in [-0.2, -0.15) is 0 Å². The number of hydrogen-bond acceptors (Lipinski definition) is 1. The molecule has 50 valence electrons. The topological polar surface area (TPSA) is 12.9 Å². The lowest BCUT2D eigenvalue weighted by Crippen LogP contribution is -1.72. The lowest BCUT2D eigenvalue weighted by Gasteiger charge is -1.82. The Morgan fingerprint density at radius 1 is 1.33 bits per heavy atom. The number of nitrogens with zero attached hydrogens (tertiary/aromatic N) is 1.